The molecule has 7 heteroatoms. The molecule has 2 fully saturated rings. The topological polar surface area (TPSA) is 67.1 Å². The summed E-state index contributed by atoms with van der Waals surface area (Å²) in [5, 5.41) is 8.53. The lowest BCUT2D eigenvalue weighted by molar-refractivity contribution is 0.193. The third-order valence-corrected chi connectivity index (χ3v) is 6.36. The van der Waals surface area contributed by atoms with Gasteiger partial charge in [0.2, 0.25) is 0 Å². The number of anilines is 1. The summed E-state index contributed by atoms with van der Waals surface area (Å²) >= 11 is 0. The summed E-state index contributed by atoms with van der Waals surface area (Å²) in [5.74, 6) is 1.72. The van der Waals surface area contributed by atoms with Crippen LogP contribution >= 0.6 is 0 Å². The first-order valence-electron chi connectivity index (χ1n) is 11.0. The molecule has 3 heterocycles. The summed E-state index contributed by atoms with van der Waals surface area (Å²) in [5.41, 5.74) is 1.64. The van der Waals surface area contributed by atoms with Crippen LogP contribution in [0, 0.1) is 6.92 Å². The number of nitrogens with zero attached hydrogens (tertiary/aromatic N) is 4. The largest absolute Gasteiger partial charge is 0.353 e. The first kappa shape index (κ1) is 19.4. The van der Waals surface area contributed by atoms with E-state index in [4.69, 9.17) is 9.51 Å². The van der Waals surface area contributed by atoms with Gasteiger partial charge < -0.3 is 14.7 Å². The quantitative estimate of drug-likeness (QED) is 0.688. The molecule has 3 aromatic rings. The molecule has 1 saturated carbocycles. The second-order valence-electron chi connectivity index (χ2n) is 8.56. The maximum Gasteiger partial charge on any atom is 0.261 e. The van der Waals surface area contributed by atoms with E-state index in [-0.39, 0.29) is 6.04 Å². The Morgan fingerprint density at radius 1 is 1.10 bits per heavy atom. The summed E-state index contributed by atoms with van der Waals surface area (Å²) in [6.45, 7) is 2.85. The van der Waals surface area contributed by atoms with Crippen molar-refractivity contribution in [3.63, 3.8) is 0 Å². The van der Waals surface area contributed by atoms with Gasteiger partial charge in [-0.1, -0.05) is 42.6 Å². The fourth-order valence-corrected chi connectivity index (χ4v) is 4.77. The SMILES string of the molecule is Cc1noc(-c2cc3ccccc3nc2N2CCC(NC3CCCCC3)C(F)C2)n1. The van der Waals surface area contributed by atoms with E-state index in [1.54, 1.807) is 6.92 Å². The molecule has 158 valence electrons. The number of nitrogens with one attached hydrogen (secondary N) is 1. The standard InChI is InChI=1S/C23H28FN5O/c1-15-25-23(30-28-15)18-13-16-7-5-6-10-20(16)27-22(18)29-12-11-21(19(24)14-29)26-17-8-3-2-4-9-17/h5-7,10,13,17,19,21,26H,2-4,8-9,11-12,14H2,1H3. The van der Waals surface area contributed by atoms with Crippen LogP contribution in [0.25, 0.3) is 22.4 Å². The summed E-state index contributed by atoms with van der Waals surface area (Å²) in [7, 11) is 0. The molecule has 1 aliphatic carbocycles. The van der Waals surface area contributed by atoms with Crippen LogP contribution in [0.15, 0.2) is 34.9 Å². The fourth-order valence-electron chi connectivity index (χ4n) is 4.77. The Kier molecular flexibility index (Phi) is 5.37. The average molecular weight is 410 g/mol. The van der Waals surface area contributed by atoms with Gasteiger partial charge in [0.05, 0.1) is 17.6 Å². The number of halogens is 1. The van der Waals surface area contributed by atoms with Gasteiger partial charge >= 0.3 is 0 Å². The van der Waals surface area contributed by atoms with E-state index in [9.17, 15) is 0 Å². The molecule has 2 aromatic heterocycles. The van der Waals surface area contributed by atoms with Crippen molar-refractivity contribution < 1.29 is 8.91 Å². The Morgan fingerprint density at radius 3 is 2.70 bits per heavy atom. The average Bonchev–Trinajstić information content (AvgIpc) is 3.21. The molecule has 1 N–H and O–H groups in total. The Hall–Kier alpha value is -2.54. The maximum absolute atomic E-state index is 15.2. The van der Waals surface area contributed by atoms with Gasteiger partial charge in [0.1, 0.15) is 12.0 Å². The van der Waals surface area contributed by atoms with Crippen molar-refractivity contribution >= 4 is 16.7 Å². The van der Waals surface area contributed by atoms with Gasteiger partial charge in [0.15, 0.2) is 5.82 Å². The van der Waals surface area contributed by atoms with E-state index in [1.807, 2.05) is 35.2 Å². The van der Waals surface area contributed by atoms with Gasteiger partial charge in [-0.15, -0.1) is 0 Å². The summed E-state index contributed by atoms with van der Waals surface area (Å²) in [6.07, 6.45) is 5.96. The number of hydrogen-bond acceptors (Lipinski definition) is 6. The number of aromatic nitrogens is 3. The third-order valence-electron chi connectivity index (χ3n) is 6.36. The number of piperidine rings is 1. The summed E-state index contributed by atoms with van der Waals surface area (Å²) in [6, 6.07) is 10.3. The van der Waals surface area contributed by atoms with Crippen LogP contribution in [-0.4, -0.2) is 46.5 Å². The normalized spacial score (nSPS) is 23.2. The number of benzene rings is 1. The molecule has 1 aliphatic heterocycles. The first-order chi connectivity index (χ1) is 14.7. The zero-order valence-electron chi connectivity index (χ0n) is 17.4. The van der Waals surface area contributed by atoms with Crippen LogP contribution in [0.2, 0.25) is 0 Å². The molecule has 1 aromatic carbocycles. The third kappa shape index (κ3) is 3.90. The van der Waals surface area contributed by atoms with Gasteiger partial charge in [-0.3, -0.25) is 0 Å². The van der Waals surface area contributed by atoms with E-state index in [0.717, 1.165) is 35.2 Å². The number of pyridine rings is 1. The molecule has 2 atom stereocenters. The molecule has 0 amide bonds. The number of aryl methyl sites for hydroxylation is 1. The predicted molar refractivity (Wildman–Crippen MR) is 115 cm³/mol. The minimum absolute atomic E-state index is 0.0843. The molecule has 0 spiro atoms. The number of rotatable bonds is 4. The molecule has 0 bridgehead atoms. The molecule has 2 unspecified atom stereocenters. The molecule has 6 nitrogen and oxygen atoms in total. The molecule has 5 rings (SSSR count). The second-order valence-corrected chi connectivity index (χ2v) is 8.56. The van der Waals surface area contributed by atoms with E-state index in [1.165, 1.54) is 32.1 Å². The van der Waals surface area contributed by atoms with Crippen LogP contribution < -0.4 is 10.2 Å². The lowest BCUT2D eigenvalue weighted by Gasteiger charge is -2.38. The minimum atomic E-state index is -0.939. The maximum atomic E-state index is 15.2. The van der Waals surface area contributed by atoms with Crippen LogP contribution in [0.5, 0.6) is 0 Å². The van der Waals surface area contributed by atoms with Crippen LogP contribution in [0.1, 0.15) is 44.3 Å². The van der Waals surface area contributed by atoms with Crippen molar-refractivity contribution in [2.24, 2.45) is 0 Å². The van der Waals surface area contributed by atoms with Gasteiger partial charge in [-0.25, -0.2) is 9.37 Å². The number of alkyl halides is 1. The van der Waals surface area contributed by atoms with Gasteiger partial charge in [-0.2, -0.15) is 4.98 Å². The van der Waals surface area contributed by atoms with Crippen molar-refractivity contribution in [3.05, 3.63) is 36.2 Å². The number of fused-ring (bicyclic) bond motifs is 1. The second kappa shape index (κ2) is 8.30. The van der Waals surface area contributed by atoms with Crippen molar-refractivity contribution in [1.29, 1.82) is 0 Å². The first-order valence-corrected chi connectivity index (χ1v) is 11.0. The Labute approximate surface area is 175 Å². The van der Waals surface area contributed by atoms with Crippen LogP contribution in [0.4, 0.5) is 10.2 Å². The van der Waals surface area contributed by atoms with E-state index < -0.39 is 6.17 Å². The highest BCUT2D eigenvalue weighted by atomic mass is 19.1. The van der Waals surface area contributed by atoms with Crippen molar-refractivity contribution in [2.45, 2.75) is 63.7 Å². The highest BCUT2D eigenvalue weighted by Crippen LogP contribution is 2.33. The van der Waals surface area contributed by atoms with E-state index >= 15 is 4.39 Å². The van der Waals surface area contributed by atoms with E-state index in [2.05, 4.69) is 15.5 Å². The van der Waals surface area contributed by atoms with Gasteiger partial charge in [0, 0.05) is 24.0 Å². The summed E-state index contributed by atoms with van der Waals surface area (Å²) in [4.78, 5) is 11.3. The summed E-state index contributed by atoms with van der Waals surface area (Å²) < 4.78 is 20.7. The van der Waals surface area contributed by atoms with Gasteiger partial charge in [0.25, 0.3) is 5.89 Å². The molecular formula is C23H28FN5O. The van der Waals surface area contributed by atoms with Crippen molar-refractivity contribution in [2.75, 3.05) is 18.0 Å². The molecule has 2 aliphatic rings. The molecule has 30 heavy (non-hydrogen) atoms. The van der Waals surface area contributed by atoms with Crippen molar-refractivity contribution in [1.82, 2.24) is 20.4 Å². The Balaban J connectivity index is 1.41. The lowest BCUT2D eigenvalue weighted by Crippen LogP contribution is -2.54. The van der Waals surface area contributed by atoms with Crippen molar-refractivity contribution in [3.8, 4) is 11.5 Å². The smallest absolute Gasteiger partial charge is 0.261 e. The number of para-hydroxylation sites is 1. The van der Waals surface area contributed by atoms with Gasteiger partial charge in [-0.05, 0) is 38.3 Å². The lowest BCUT2D eigenvalue weighted by atomic mass is 9.93. The predicted octanol–water partition coefficient (Wildman–Crippen LogP) is 4.43. The monoisotopic (exact) mass is 409 g/mol. The molecular weight excluding hydrogens is 381 g/mol. The highest BCUT2D eigenvalue weighted by molar-refractivity contribution is 5.87. The Morgan fingerprint density at radius 2 is 1.93 bits per heavy atom. The van der Waals surface area contributed by atoms with Crippen LogP contribution in [0.3, 0.4) is 0 Å². The van der Waals surface area contributed by atoms with Crippen LogP contribution in [-0.2, 0) is 0 Å². The zero-order chi connectivity index (χ0) is 20.5. The zero-order valence-corrected chi connectivity index (χ0v) is 17.4. The van der Waals surface area contributed by atoms with E-state index in [0.29, 0.717) is 24.3 Å². The molecule has 0 radical (unpaired) electrons. The molecule has 1 saturated heterocycles. The minimum Gasteiger partial charge on any atom is -0.353 e. The fraction of sp³-hybridized carbons (Fsp3) is 0.522. The Bertz CT molecular complexity index is 1020. The number of hydrogen-bond donors (Lipinski definition) is 1. The highest BCUT2D eigenvalue weighted by Gasteiger charge is 2.33.